The van der Waals surface area contributed by atoms with Gasteiger partial charge >= 0.3 is 0 Å². The normalized spacial score (nSPS) is 19.1. The second-order valence-corrected chi connectivity index (χ2v) is 21.7. The molecule has 0 bridgehead atoms. The van der Waals surface area contributed by atoms with Crippen LogP contribution in [0.15, 0.2) is 182 Å². The van der Waals surface area contributed by atoms with Crippen LogP contribution in [-0.2, 0) is 28.2 Å². The molecule has 3 aliphatic heterocycles. The highest BCUT2D eigenvalue weighted by Gasteiger charge is 2.60. The van der Waals surface area contributed by atoms with Crippen LogP contribution in [0.5, 0.6) is 0 Å². The van der Waals surface area contributed by atoms with Gasteiger partial charge in [0.15, 0.2) is 0 Å². The topological polar surface area (TPSA) is 9.72 Å². The molecule has 12 rings (SSSR count). The molecule has 0 radical (unpaired) electrons. The second kappa shape index (κ2) is 14.4. The van der Waals surface area contributed by atoms with Crippen molar-refractivity contribution in [3.05, 3.63) is 210 Å². The van der Waals surface area contributed by atoms with E-state index in [1.165, 1.54) is 101 Å². The Morgan fingerprint density at radius 1 is 0.439 bits per heavy atom. The van der Waals surface area contributed by atoms with E-state index in [-0.39, 0.29) is 28.5 Å². The van der Waals surface area contributed by atoms with Gasteiger partial charge in [-0.25, -0.2) is 0 Å². The molecule has 0 N–H and O–H groups in total. The molecule has 2 atom stereocenters. The lowest BCUT2D eigenvalue weighted by molar-refractivity contribution is 0.245. The minimum absolute atomic E-state index is 0.0315. The number of nitrogens with zero attached hydrogens (tertiary/aromatic N) is 3. The van der Waals surface area contributed by atoms with E-state index in [4.69, 9.17) is 0 Å². The van der Waals surface area contributed by atoms with Crippen molar-refractivity contribution < 1.29 is 0 Å². The number of para-hydroxylation sites is 2. The first-order chi connectivity index (χ1) is 31.8. The van der Waals surface area contributed by atoms with Gasteiger partial charge in [0.25, 0.3) is 6.71 Å². The Morgan fingerprint density at radius 2 is 1.03 bits per heavy atom. The minimum atomic E-state index is -0.348. The molecule has 0 saturated carbocycles. The van der Waals surface area contributed by atoms with E-state index in [9.17, 15) is 0 Å². The molecule has 3 nitrogen and oxygen atoms in total. The molecule has 324 valence electrons. The van der Waals surface area contributed by atoms with E-state index in [1.807, 2.05) is 0 Å². The van der Waals surface area contributed by atoms with Crippen LogP contribution in [-0.4, -0.2) is 6.71 Å². The summed E-state index contributed by atoms with van der Waals surface area (Å²) < 4.78 is 0. The number of fused-ring (bicyclic) bond motifs is 9. The maximum absolute atomic E-state index is 2.73. The summed E-state index contributed by atoms with van der Waals surface area (Å²) in [7, 11) is 0. The molecule has 2 unspecified atom stereocenters. The molecular weight excluding hydrogens is 798 g/mol. The molecule has 8 aromatic carbocycles. The third-order valence-corrected chi connectivity index (χ3v) is 16.0. The Balaban J connectivity index is 1.14. The Morgan fingerprint density at radius 3 is 1.74 bits per heavy atom. The summed E-state index contributed by atoms with van der Waals surface area (Å²) in [6, 6.07) is 69.5. The molecule has 8 aromatic rings. The summed E-state index contributed by atoms with van der Waals surface area (Å²) in [6.07, 6.45) is 2.13. The van der Waals surface area contributed by atoms with Crippen LogP contribution in [0.1, 0.15) is 89.6 Å². The van der Waals surface area contributed by atoms with Gasteiger partial charge in [-0.1, -0.05) is 164 Å². The van der Waals surface area contributed by atoms with Gasteiger partial charge < -0.3 is 14.7 Å². The zero-order valence-corrected chi connectivity index (χ0v) is 39.7. The zero-order valence-electron chi connectivity index (χ0n) is 39.7. The van der Waals surface area contributed by atoms with Gasteiger partial charge in [-0.05, 0) is 153 Å². The van der Waals surface area contributed by atoms with Gasteiger partial charge in [0, 0.05) is 50.9 Å². The number of benzene rings is 8. The van der Waals surface area contributed by atoms with E-state index >= 15 is 0 Å². The maximum Gasteiger partial charge on any atom is 0.252 e. The van der Waals surface area contributed by atoms with Crippen LogP contribution in [0, 0.1) is 0 Å². The predicted octanol–water partition coefficient (Wildman–Crippen LogP) is 14.3. The SMILES string of the molecule is CC(C)(C)c1ccc(N2c3cc(N4c5ccc(-c6ccccc6)cc5C5(C)CCc6ccccc6C45C)ccc3B3c4ccccc4N(c4ccccc4)c4cc(C(C)(C)C)cc2c43)cc1. The van der Waals surface area contributed by atoms with Crippen molar-refractivity contribution in [3.63, 3.8) is 0 Å². The Kier molecular flexibility index (Phi) is 8.86. The van der Waals surface area contributed by atoms with Crippen molar-refractivity contribution in [3.8, 4) is 11.1 Å². The van der Waals surface area contributed by atoms with Crippen molar-refractivity contribution in [2.45, 2.75) is 90.0 Å². The molecule has 4 heteroatoms. The zero-order chi connectivity index (χ0) is 45.3. The largest absolute Gasteiger partial charge is 0.330 e. The molecule has 0 saturated heterocycles. The maximum atomic E-state index is 2.73. The number of hydrogen-bond donors (Lipinski definition) is 0. The quantitative estimate of drug-likeness (QED) is 0.163. The van der Waals surface area contributed by atoms with Gasteiger partial charge in [0.05, 0.1) is 5.54 Å². The van der Waals surface area contributed by atoms with Crippen molar-refractivity contribution in [1.82, 2.24) is 0 Å². The van der Waals surface area contributed by atoms with Crippen LogP contribution >= 0.6 is 0 Å². The van der Waals surface area contributed by atoms with Gasteiger partial charge in [-0.2, -0.15) is 0 Å². The van der Waals surface area contributed by atoms with Crippen molar-refractivity contribution in [2.75, 3.05) is 14.7 Å². The first-order valence-corrected chi connectivity index (χ1v) is 24.0. The van der Waals surface area contributed by atoms with Crippen LogP contribution in [0.2, 0.25) is 0 Å². The van der Waals surface area contributed by atoms with Crippen LogP contribution in [0.4, 0.5) is 45.5 Å². The molecule has 66 heavy (non-hydrogen) atoms. The number of aryl methyl sites for hydroxylation is 1. The molecule has 0 amide bonds. The highest BCUT2D eigenvalue weighted by Crippen LogP contribution is 2.64. The van der Waals surface area contributed by atoms with Crippen LogP contribution < -0.4 is 31.1 Å². The summed E-state index contributed by atoms with van der Waals surface area (Å²) in [5, 5.41) is 0. The monoisotopic (exact) mass is 855 g/mol. The van der Waals surface area contributed by atoms with Crippen molar-refractivity contribution >= 4 is 68.6 Å². The average Bonchev–Trinajstić information content (AvgIpc) is 3.54. The molecule has 0 aromatic heterocycles. The highest BCUT2D eigenvalue weighted by atomic mass is 15.3. The Bertz CT molecular complexity index is 3210. The number of hydrogen-bond acceptors (Lipinski definition) is 3. The van der Waals surface area contributed by atoms with E-state index in [0.29, 0.717) is 0 Å². The van der Waals surface area contributed by atoms with Gasteiger partial charge in [-0.3, -0.25) is 0 Å². The van der Waals surface area contributed by atoms with Crippen LogP contribution in [0.25, 0.3) is 11.1 Å². The fraction of sp³-hybridized carbons (Fsp3) is 0.226. The summed E-state index contributed by atoms with van der Waals surface area (Å²) in [6.45, 7) is 19.1. The summed E-state index contributed by atoms with van der Waals surface area (Å²) in [5.41, 5.74) is 22.8. The molecule has 3 heterocycles. The lowest BCUT2D eigenvalue weighted by Crippen LogP contribution is -2.61. The summed E-state index contributed by atoms with van der Waals surface area (Å²) in [4.78, 5) is 7.86. The Labute approximate surface area is 392 Å². The highest BCUT2D eigenvalue weighted by molar-refractivity contribution is 7.00. The molecule has 4 aliphatic rings. The number of rotatable bonds is 4. The fourth-order valence-corrected chi connectivity index (χ4v) is 12.3. The number of anilines is 8. The lowest BCUT2D eigenvalue weighted by Gasteiger charge is -2.51. The fourth-order valence-electron chi connectivity index (χ4n) is 12.3. The standard InChI is InChI=1S/C62H58BN3/c1-59(2,3)44-28-30-47(31-29-44)65-55-40-48(66-53-34-27-43(41-19-11-9-12-20-41)37-50(53)61(7)36-35-42-21-15-16-24-49(42)62(61,66)8)32-33-52(55)63-51-25-17-18-26-54(51)64(46-22-13-10-14-23-46)56-38-45(60(4,5)6)39-57(65)58(56)63/h9-34,37-40H,35-36H2,1-8H3. The molecule has 0 fully saturated rings. The van der Waals surface area contributed by atoms with E-state index < -0.39 is 0 Å². The third-order valence-electron chi connectivity index (χ3n) is 16.0. The summed E-state index contributed by atoms with van der Waals surface area (Å²) in [5.74, 6) is 0. The second-order valence-electron chi connectivity index (χ2n) is 21.7. The first-order valence-electron chi connectivity index (χ1n) is 24.0. The van der Waals surface area contributed by atoms with Crippen molar-refractivity contribution in [2.24, 2.45) is 0 Å². The predicted molar refractivity (Wildman–Crippen MR) is 281 cm³/mol. The first kappa shape index (κ1) is 40.7. The minimum Gasteiger partial charge on any atom is -0.330 e. The molecular formula is C62H58BN3. The third kappa shape index (κ3) is 5.83. The van der Waals surface area contributed by atoms with E-state index in [2.05, 4.69) is 252 Å². The average molecular weight is 856 g/mol. The van der Waals surface area contributed by atoms with E-state index in [1.54, 1.807) is 0 Å². The molecule has 0 spiro atoms. The van der Waals surface area contributed by atoms with E-state index in [0.717, 1.165) is 12.8 Å². The lowest BCUT2D eigenvalue weighted by atomic mass is 9.33. The summed E-state index contributed by atoms with van der Waals surface area (Å²) >= 11 is 0. The van der Waals surface area contributed by atoms with Gasteiger partial charge in [-0.15, -0.1) is 0 Å². The van der Waals surface area contributed by atoms with Crippen molar-refractivity contribution in [1.29, 1.82) is 0 Å². The van der Waals surface area contributed by atoms with Gasteiger partial charge in [0.1, 0.15) is 0 Å². The smallest absolute Gasteiger partial charge is 0.252 e. The van der Waals surface area contributed by atoms with Crippen LogP contribution in [0.3, 0.4) is 0 Å². The van der Waals surface area contributed by atoms with Gasteiger partial charge in [0.2, 0.25) is 0 Å². The molecule has 1 aliphatic carbocycles. The Hall–Kier alpha value is -6.78.